The maximum Gasteiger partial charge on any atom is 0.127 e. The first kappa shape index (κ1) is 11.0. The third kappa shape index (κ3) is 2.73. The van der Waals surface area contributed by atoms with Gasteiger partial charge in [-0.05, 0) is 36.4 Å². The van der Waals surface area contributed by atoms with Crippen LogP contribution in [0.15, 0.2) is 46.9 Å². The van der Waals surface area contributed by atoms with Crippen molar-refractivity contribution in [3.63, 3.8) is 0 Å². The molecule has 2 nitrogen and oxygen atoms in total. The van der Waals surface area contributed by atoms with Gasteiger partial charge in [0.15, 0.2) is 0 Å². The number of rotatable bonds is 2. The fraction of sp³-hybridized carbons (Fsp3) is 0. The van der Waals surface area contributed by atoms with Gasteiger partial charge in [-0.2, -0.15) is 0 Å². The minimum absolute atomic E-state index is 0.350. The van der Waals surface area contributed by atoms with E-state index in [4.69, 9.17) is 5.73 Å². The van der Waals surface area contributed by atoms with Crippen LogP contribution in [0.25, 0.3) is 0 Å². The molecule has 4 heteroatoms. The van der Waals surface area contributed by atoms with Gasteiger partial charge in [0.1, 0.15) is 5.82 Å². The number of halogens is 2. The molecule has 0 fully saturated rings. The maximum atomic E-state index is 13.1. The topological polar surface area (TPSA) is 38.0 Å². The van der Waals surface area contributed by atoms with E-state index < -0.39 is 0 Å². The minimum atomic E-state index is -0.350. The zero-order valence-corrected chi connectivity index (χ0v) is 9.96. The van der Waals surface area contributed by atoms with Crippen molar-refractivity contribution >= 4 is 33.0 Å². The van der Waals surface area contributed by atoms with Crippen LogP contribution in [0, 0.1) is 5.82 Å². The van der Waals surface area contributed by atoms with E-state index in [1.54, 1.807) is 6.07 Å². The zero-order chi connectivity index (χ0) is 11.5. The van der Waals surface area contributed by atoms with Crippen LogP contribution < -0.4 is 11.1 Å². The van der Waals surface area contributed by atoms with Gasteiger partial charge < -0.3 is 11.1 Å². The predicted molar refractivity (Wildman–Crippen MR) is 68.2 cm³/mol. The largest absolute Gasteiger partial charge is 0.399 e. The number of anilines is 3. The summed E-state index contributed by atoms with van der Waals surface area (Å²) in [5.74, 6) is -0.350. The molecule has 0 heterocycles. The second-order valence-electron chi connectivity index (χ2n) is 3.41. The third-order valence-corrected chi connectivity index (χ3v) is 2.53. The molecule has 82 valence electrons. The first-order valence-electron chi connectivity index (χ1n) is 4.72. The molecule has 2 aromatic carbocycles. The molecule has 0 saturated carbocycles. The summed E-state index contributed by atoms with van der Waals surface area (Å²) in [7, 11) is 0. The molecule has 0 aliphatic rings. The standard InChI is InChI=1S/C12H10BrFN2/c13-8-2-1-3-11(4-8)16-12-6-9(14)5-10(15)7-12/h1-7,16H,15H2. The van der Waals surface area contributed by atoms with Crippen LogP contribution >= 0.6 is 15.9 Å². The molecule has 0 spiro atoms. The number of nitrogens with two attached hydrogens (primary N) is 1. The molecular formula is C12H10BrFN2. The summed E-state index contributed by atoms with van der Waals surface area (Å²) < 4.78 is 14.0. The van der Waals surface area contributed by atoms with Gasteiger partial charge >= 0.3 is 0 Å². The fourth-order valence-corrected chi connectivity index (χ4v) is 1.82. The number of benzene rings is 2. The molecule has 0 bridgehead atoms. The van der Waals surface area contributed by atoms with Crippen LogP contribution in [0.1, 0.15) is 0 Å². The van der Waals surface area contributed by atoms with E-state index in [2.05, 4.69) is 21.2 Å². The smallest absolute Gasteiger partial charge is 0.127 e. The molecule has 2 rings (SSSR count). The lowest BCUT2D eigenvalue weighted by molar-refractivity contribution is 0.629. The van der Waals surface area contributed by atoms with Crippen molar-refractivity contribution in [1.82, 2.24) is 0 Å². The lowest BCUT2D eigenvalue weighted by atomic mass is 10.2. The molecule has 3 N–H and O–H groups in total. The molecular weight excluding hydrogens is 271 g/mol. The van der Waals surface area contributed by atoms with Crippen molar-refractivity contribution in [1.29, 1.82) is 0 Å². The quantitative estimate of drug-likeness (QED) is 0.819. The van der Waals surface area contributed by atoms with Crippen molar-refractivity contribution in [2.24, 2.45) is 0 Å². The molecule has 0 radical (unpaired) electrons. The molecule has 2 aromatic rings. The molecule has 0 amide bonds. The molecule has 16 heavy (non-hydrogen) atoms. The first-order valence-corrected chi connectivity index (χ1v) is 5.51. The molecule has 0 aliphatic heterocycles. The van der Waals surface area contributed by atoms with Gasteiger partial charge in [-0.25, -0.2) is 4.39 Å². The summed E-state index contributed by atoms with van der Waals surface area (Å²) in [5, 5.41) is 3.08. The van der Waals surface area contributed by atoms with E-state index >= 15 is 0 Å². The summed E-state index contributed by atoms with van der Waals surface area (Å²) >= 11 is 3.37. The summed E-state index contributed by atoms with van der Waals surface area (Å²) in [6.45, 7) is 0. The Labute approximate surface area is 101 Å². The van der Waals surface area contributed by atoms with Crippen molar-refractivity contribution < 1.29 is 4.39 Å². The number of nitrogen functional groups attached to an aromatic ring is 1. The van der Waals surface area contributed by atoms with Gasteiger partial charge in [-0.3, -0.25) is 0 Å². The Bertz CT molecular complexity index is 494. The average Bonchev–Trinajstić information content (AvgIpc) is 2.15. The van der Waals surface area contributed by atoms with Crippen LogP contribution in [0.4, 0.5) is 21.5 Å². The Kier molecular flexibility index (Phi) is 3.10. The maximum absolute atomic E-state index is 13.1. The molecule has 0 unspecified atom stereocenters. The fourth-order valence-electron chi connectivity index (χ4n) is 1.42. The molecule has 0 saturated heterocycles. The van der Waals surface area contributed by atoms with E-state index in [0.717, 1.165) is 10.2 Å². The van der Waals surface area contributed by atoms with Gasteiger partial charge in [-0.15, -0.1) is 0 Å². The van der Waals surface area contributed by atoms with E-state index in [9.17, 15) is 4.39 Å². The second kappa shape index (κ2) is 4.53. The van der Waals surface area contributed by atoms with E-state index in [1.165, 1.54) is 12.1 Å². The Morgan fingerprint density at radius 2 is 1.88 bits per heavy atom. The SMILES string of the molecule is Nc1cc(F)cc(Nc2cccc(Br)c2)c1. The predicted octanol–water partition coefficient (Wildman–Crippen LogP) is 3.91. The van der Waals surface area contributed by atoms with Crippen molar-refractivity contribution in [2.75, 3.05) is 11.1 Å². The summed E-state index contributed by atoms with van der Waals surface area (Å²) in [6.07, 6.45) is 0. The third-order valence-electron chi connectivity index (χ3n) is 2.03. The lowest BCUT2D eigenvalue weighted by Gasteiger charge is -2.07. The highest BCUT2D eigenvalue weighted by molar-refractivity contribution is 9.10. The van der Waals surface area contributed by atoms with Gasteiger partial charge in [0.25, 0.3) is 0 Å². The van der Waals surface area contributed by atoms with Gasteiger partial charge in [-0.1, -0.05) is 22.0 Å². The van der Waals surface area contributed by atoms with Crippen molar-refractivity contribution in [3.8, 4) is 0 Å². The highest BCUT2D eigenvalue weighted by atomic mass is 79.9. The Morgan fingerprint density at radius 1 is 1.06 bits per heavy atom. The molecule has 0 aliphatic carbocycles. The first-order chi connectivity index (χ1) is 7.63. The lowest BCUT2D eigenvalue weighted by Crippen LogP contribution is -1.93. The van der Waals surface area contributed by atoms with Crippen LogP contribution in [0.2, 0.25) is 0 Å². The normalized spacial score (nSPS) is 10.1. The summed E-state index contributed by atoms with van der Waals surface area (Å²) in [5.41, 5.74) is 7.46. The van der Waals surface area contributed by atoms with Crippen LogP contribution in [0.5, 0.6) is 0 Å². The highest BCUT2D eigenvalue weighted by Crippen LogP contribution is 2.22. The van der Waals surface area contributed by atoms with Crippen molar-refractivity contribution in [2.45, 2.75) is 0 Å². The molecule has 0 aromatic heterocycles. The number of hydrogen-bond donors (Lipinski definition) is 2. The van der Waals surface area contributed by atoms with Crippen LogP contribution in [-0.2, 0) is 0 Å². The monoisotopic (exact) mass is 280 g/mol. The zero-order valence-electron chi connectivity index (χ0n) is 8.37. The van der Waals surface area contributed by atoms with E-state index in [1.807, 2.05) is 24.3 Å². The summed E-state index contributed by atoms with van der Waals surface area (Å²) in [6, 6.07) is 12.0. The number of hydrogen-bond acceptors (Lipinski definition) is 2. The Morgan fingerprint density at radius 3 is 2.56 bits per heavy atom. The number of nitrogens with one attached hydrogen (secondary N) is 1. The Hall–Kier alpha value is -1.55. The second-order valence-corrected chi connectivity index (χ2v) is 4.32. The van der Waals surface area contributed by atoms with Gasteiger partial charge in [0.05, 0.1) is 0 Å². The highest BCUT2D eigenvalue weighted by Gasteiger charge is 1.99. The summed E-state index contributed by atoms with van der Waals surface area (Å²) in [4.78, 5) is 0. The van der Waals surface area contributed by atoms with Gasteiger partial charge in [0.2, 0.25) is 0 Å². The minimum Gasteiger partial charge on any atom is -0.399 e. The van der Waals surface area contributed by atoms with E-state index in [0.29, 0.717) is 11.4 Å². The average molecular weight is 281 g/mol. The van der Waals surface area contributed by atoms with Crippen LogP contribution in [-0.4, -0.2) is 0 Å². The van der Waals surface area contributed by atoms with Gasteiger partial charge in [0, 0.05) is 21.5 Å². The van der Waals surface area contributed by atoms with E-state index in [-0.39, 0.29) is 5.82 Å². The van der Waals surface area contributed by atoms with Crippen LogP contribution in [0.3, 0.4) is 0 Å². The molecule has 0 atom stereocenters. The Balaban J connectivity index is 2.27. The van der Waals surface area contributed by atoms with Crippen molar-refractivity contribution in [3.05, 3.63) is 52.8 Å².